The van der Waals surface area contributed by atoms with Crippen LogP contribution in [-0.2, 0) is 0 Å². The SMILES string of the molecule is CC.COc1nc(C2CC2)ccc1C. The van der Waals surface area contributed by atoms with Gasteiger partial charge in [-0.3, -0.25) is 0 Å². The molecule has 0 aromatic carbocycles. The molecule has 1 saturated carbocycles. The number of rotatable bonds is 2. The van der Waals surface area contributed by atoms with Gasteiger partial charge in [0, 0.05) is 17.2 Å². The van der Waals surface area contributed by atoms with Crippen LogP contribution in [0.15, 0.2) is 12.1 Å². The molecule has 0 aliphatic heterocycles. The maximum Gasteiger partial charge on any atom is 0.216 e. The Morgan fingerprint density at radius 3 is 2.43 bits per heavy atom. The van der Waals surface area contributed by atoms with Crippen LogP contribution in [0.25, 0.3) is 0 Å². The minimum atomic E-state index is 0.708. The van der Waals surface area contributed by atoms with E-state index in [9.17, 15) is 0 Å². The van der Waals surface area contributed by atoms with Gasteiger partial charge in [-0.25, -0.2) is 4.98 Å². The first-order chi connectivity index (χ1) is 6.81. The monoisotopic (exact) mass is 193 g/mol. The molecule has 1 heterocycles. The summed E-state index contributed by atoms with van der Waals surface area (Å²) in [6.45, 7) is 6.02. The molecule has 0 amide bonds. The predicted molar refractivity (Wildman–Crippen MR) is 58.8 cm³/mol. The van der Waals surface area contributed by atoms with Gasteiger partial charge in [0.25, 0.3) is 0 Å². The molecule has 1 aromatic heterocycles. The average Bonchev–Trinajstić information content (AvgIpc) is 3.05. The van der Waals surface area contributed by atoms with Crippen LogP contribution < -0.4 is 4.74 Å². The zero-order valence-electron chi connectivity index (χ0n) is 9.50. The van der Waals surface area contributed by atoms with Crippen molar-refractivity contribution in [1.29, 1.82) is 0 Å². The van der Waals surface area contributed by atoms with Crippen molar-refractivity contribution in [2.75, 3.05) is 7.11 Å². The van der Waals surface area contributed by atoms with Crippen molar-refractivity contribution >= 4 is 0 Å². The Bertz CT molecular complexity index is 292. The van der Waals surface area contributed by atoms with Gasteiger partial charge < -0.3 is 4.74 Å². The van der Waals surface area contributed by atoms with Crippen LogP contribution in [0.1, 0.15) is 43.9 Å². The lowest BCUT2D eigenvalue weighted by Gasteiger charge is -2.04. The Labute approximate surface area is 86.3 Å². The lowest BCUT2D eigenvalue weighted by atomic mass is 10.2. The highest BCUT2D eigenvalue weighted by atomic mass is 16.5. The van der Waals surface area contributed by atoms with Gasteiger partial charge in [0.2, 0.25) is 5.88 Å². The molecule has 0 spiro atoms. The molecule has 0 unspecified atom stereocenters. The van der Waals surface area contributed by atoms with E-state index in [0.29, 0.717) is 5.92 Å². The number of methoxy groups -OCH3 is 1. The summed E-state index contributed by atoms with van der Waals surface area (Å²) in [6.07, 6.45) is 2.58. The topological polar surface area (TPSA) is 22.1 Å². The van der Waals surface area contributed by atoms with Crippen molar-refractivity contribution in [1.82, 2.24) is 4.98 Å². The molecule has 0 atom stereocenters. The van der Waals surface area contributed by atoms with Crippen LogP contribution in [-0.4, -0.2) is 12.1 Å². The Morgan fingerprint density at radius 2 is 1.93 bits per heavy atom. The van der Waals surface area contributed by atoms with Crippen LogP contribution in [0, 0.1) is 6.92 Å². The summed E-state index contributed by atoms with van der Waals surface area (Å²) in [7, 11) is 1.67. The fraction of sp³-hybridized carbons (Fsp3) is 0.583. The fourth-order valence-corrected chi connectivity index (χ4v) is 1.34. The van der Waals surface area contributed by atoms with Crippen LogP contribution in [0.5, 0.6) is 5.88 Å². The predicted octanol–water partition coefficient (Wildman–Crippen LogP) is 3.30. The molecule has 1 aromatic rings. The first kappa shape index (κ1) is 11.0. The molecule has 0 radical (unpaired) electrons. The minimum Gasteiger partial charge on any atom is -0.481 e. The van der Waals surface area contributed by atoms with Gasteiger partial charge in [-0.05, 0) is 25.8 Å². The van der Waals surface area contributed by atoms with E-state index >= 15 is 0 Å². The van der Waals surface area contributed by atoms with E-state index in [4.69, 9.17) is 4.74 Å². The molecule has 78 valence electrons. The van der Waals surface area contributed by atoms with Gasteiger partial charge in [0.1, 0.15) is 0 Å². The van der Waals surface area contributed by atoms with Crippen molar-refractivity contribution in [3.63, 3.8) is 0 Å². The third-order valence-corrected chi connectivity index (χ3v) is 2.26. The van der Waals surface area contributed by atoms with Gasteiger partial charge in [0.15, 0.2) is 0 Å². The maximum absolute atomic E-state index is 5.15. The number of ether oxygens (including phenoxy) is 1. The van der Waals surface area contributed by atoms with E-state index in [0.717, 1.165) is 11.4 Å². The molecule has 1 aliphatic rings. The summed E-state index contributed by atoms with van der Waals surface area (Å²) in [6, 6.07) is 4.19. The average molecular weight is 193 g/mol. The molecule has 14 heavy (non-hydrogen) atoms. The Morgan fingerprint density at radius 1 is 1.29 bits per heavy atom. The van der Waals surface area contributed by atoms with Crippen molar-refractivity contribution in [3.8, 4) is 5.88 Å². The normalized spacial score (nSPS) is 14.3. The molecule has 1 fully saturated rings. The number of aromatic nitrogens is 1. The molecule has 0 bridgehead atoms. The quantitative estimate of drug-likeness (QED) is 0.719. The van der Waals surface area contributed by atoms with Crippen LogP contribution >= 0.6 is 0 Å². The second kappa shape index (κ2) is 4.99. The second-order valence-corrected chi connectivity index (χ2v) is 3.34. The van der Waals surface area contributed by atoms with E-state index in [2.05, 4.69) is 17.1 Å². The van der Waals surface area contributed by atoms with Crippen molar-refractivity contribution in [2.24, 2.45) is 0 Å². The van der Waals surface area contributed by atoms with Crippen molar-refractivity contribution < 1.29 is 4.74 Å². The highest BCUT2D eigenvalue weighted by Crippen LogP contribution is 2.39. The van der Waals surface area contributed by atoms with E-state index in [1.54, 1.807) is 7.11 Å². The largest absolute Gasteiger partial charge is 0.481 e. The van der Waals surface area contributed by atoms with E-state index in [1.807, 2.05) is 20.8 Å². The number of hydrogen-bond donors (Lipinski definition) is 0. The van der Waals surface area contributed by atoms with Crippen LogP contribution in [0.4, 0.5) is 0 Å². The zero-order valence-corrected chi connectivity index (χ0v) is 9.50. The van der Waals surface area contributed by atoms with Crippen LogP contribution in [0.3, 0.4) is 0 Å². The van der Waals surface area contributed by atoms with Crippen molar-refractivity contribution in [3.05, 3.63) is 23.4 Å². The minimum absolute atomic E-state index is 0.708. The zero-order chi connectivity index (χ0) is 10.6. The molecular weight excluding hydrogens is 174 g/mol. The maximum atomic E-state index is 5.15. The standard InChI is InChI=1S/C10H13NO.C2H6/c1-7-3-6-9(8-4-5-8)11-10(7)12-2;1-2/h3,6,8H,4-5H2,1-2H3;1-2H3. The van der Waals surface area contributed by atoms with E-state index in [-0.39, 0.29) is 0 Å². The summed E-state index contributed by atoms with van der Waals surface area (Å²) < 4.78 is 5.15. The van der Waals surface area contributed by atoms with E-state index in [1.165, 1.54) is 18.5 Å². The third-order valence-electron chi connectivity index (χ3n) is 2.26. The first-order valence-corrected chi connectivity index (χ1v) is 5.33. The fourth-order valence-electron chi connectivity index (χ4n) is 1.34. The lowest BCUT2D eigenvalue weighted by Crippen LogP contribution is -1.94. The summed E-state index contributed by atoms with van der Waals surface area (Å²) in [5.74, 6) is 1.49. The van der Waals surface area contributed by atoms with Crippen molar-refractivity contribution in [2.45, 2.75) is 39.5 Å². The van der Waals surface area contributed by atoms with Gasteiger partial charge in [-0.15, -0.1) is 0 Å². The summed E-state index contributed by atoms with van der Waals surface area (Å²) in [4.78, 5) is 4.43. The molecule has 0 saturated heterocycles. The molecule has 2 rings (SSSR count). The van der Waals surface area contributed by atoms with Gasteiger partial charge >= 0.3 is 0 Å². The lowest BCUT2D eigenvalue weighted by molar-refractivity contribution is 0.393. The highest BCUT2D eigenvalue weighted by molar-refractivity contribution is 5.29. The highest BCUT2D eigenvalue weighted by Gasteiger charge is 2.25. The number of nitrogens with zero attached hydrogens (tertiary/aromatic N) is 1. The molecule has 2 nitrogen and oxygen atoms in total. The summed E-state index contributed by atoms with van der Waals surface area (Å²) >= 11 is 0. The number of aryl methyl sites for hydroxylation is 1. The Hall–Kier alpha value is -1.05. The van der Waals surface area contributed by atoms with Gasteiger partial charge in [-0.2, -0.15) is 0 Å². The summed E-state index contributed by atoms with van der Waals surface area (Å²) in [5, 5.41) is 0. The smallest absolute Gasteiger partial charge is 0.216 e. The van der Waals surface area contributed by atoms with Gasteiger partial charge in [-0.1, -0.05) is 19.9 Å². The Balaban J connectivity index is 0.000000461. The molecule has 2 heteroatoms. The van der Waals surface area contributed by atoms with Gasteiger partial charge in [0.05, 0.1) is 7.11 Å². The number of hydrogen-bond acceptors (Lipinski definition) is 2. The third kappa shape index (κ3) is 2.47. The molecular formula is C12H19NO. The first-order valence-electron chi connectivity index (χ1n) is 5.33. The number of pyridine rings is 1. The second-order valence-electron chi connectivity index (χ2n) is 3.34. The summed E-state index contributed by atoms with van der Waals surface area (Å²) in [5.41, 5.74) is 2.30. The Kier molecular flexibility index (Phi) is 3.93. The molecule has 1 aliphatic carbocycles. The van der Waals surface area contributed by atoms with Crippen LogP contribution in [0.2, 0.25) is 0 Å². The van der Waals surface area contributed by atoms with E-state index < -0.39 is 0 Å². The molecule has 0 N–H and O–H groups in total.